The summed E-state index contributed by atoms with van der Waals surface area (Å²) in [4.78, 5) is 9.64. The Labute approximate surface area is 164 Å². The van der Waals surface area contributed by atoms with Gasteiger partial charge in [0.15, 0.2) is 5.58 Å². The van der Waals surface area contributed by atoms with Gasteiger partial charge in [-0.3, -0.25) is 4.90 Å². The third kappa shape index (κ3) is 2.12. The van der Waals surface area contributed by atoms with E-state index in [2.05, 4.69) is 71.1 Å². The molecule has 0 aliphatic carbocycles. The van der Waals surface area contributed by atoms with Crippen molar-refractivity contribution in [1.82, 2.24) is 9.88 Å². The molecule has 7 rings (SSSR count). The Hall–Kier alpha value is -2.85. The molecule has 0 N–H and O–H groups in total. The summed E-state index contributed by atoms with van der Waals surface area (Å²) in [6, 6.07) is 17.8. The molecular weight excluding hydrogens is 346 g/mol. The molecule has 1 fully saturated rings. The van der Waals surface area contributed by atoms with Crippen LogP contribution in [0.1, 0.15) is 36.1 Å². The molecule has 4 aromatic rings. The molecule has 2 aromatic heterocycles. The number of aryl methyl sites for hydroxylation is 1. The normalized spacial score (nSPS) is 23.9. The topological polar surface area (TPSA) is 32.5 Å². The van der Waals surface area contributed by atoms with Gasteiger partial charge in [0.05, 0.1) is 17.9 Å². The summed E-state index contributed by atoms with van der Waals surface area (Å²) in [6.45, 7) is 6.67. The maximum Gasteiger partial charge on any atom is 0.227 e. The number of hydrogen-bond donors (Lipinski definition) is 0. The van der Waals surface area contributed by atoms with Crippen LogP contribution in [0.2, 0.25) is 0 Å². The van der Waals surface area contributed by atoms with E-state index in [0.717, 1.165) is 41.6 Å². The summed E-state index contributed by atoms with van der Waals surface area (Å²) < 4.78 is 6.33. The van der Waals surface area contributed by atoms with Gasteiger partial charge in [-0.1, -0.05) is 36.4 Å². The second kappa shape index (κ2) is 5.82. The molecular formula is C24H23N3O. The van der Waals surface area contributed by atoms with Crippen LogP contribution < -0.4 is 4.90 Å². The average Bonchev–Trinajstić information content (AvgIpc) is 2.92. The van der Waals surface area contributed by atoms with Crippen LogP contribution in [0.4, 0.5) is 5.69 Å². The van der Waals surface area contributed by atoms with Crippen LogP contribution in [-0.4, -0.2) is 22.6 Å². The molecule has 1 saturated heterocycles. The van der Waals surface area contributed by atoms with Gasteiger partial charge in [0.2, 0.25) is 5.71 Å². The highest BCUT2D eigenvalue weighted by Crippen LogP contribution is 2.46. The van der Waals surface area contributed by atoms with Gasteiger partial charge in [-0.05, 0) is 49.1 Å². The van der Waals surface area contributed by atoms with Gasteiger partial charge in [-0.25, -0.2) is 4.98 Å². The zero-order valence-electron chi connectivity index (χ0n) is 16.2. The van der Waals surface area contributed by atoms with Crippen molar-refractivity contribution in [2.75, 3.05) is 11.4 Å². The summed E-state index contributed by atoms with van der Waals surface area (Å²) in [5.74, 6) is 0. The number of rotatable bonds is 1. The molecule has 0 spiro atoms. The Kier molecular flexibility index (Phi) is 3.36. The SMILES string of the molecule is Cc1ccc2c(oc3ncccc32)c1N1C2CCN(Cc3ccccc32)C1C. The van der Waals surface area contributed by atoms with Crippen LogP contribution in [0.25, 0.3) is 22.1 Å². The maximum absolute atomic E-state index is 6.33. The Balaban J connectivity index is 1.64. The lowest BCUT2D eigenvalue weighted by Gasteiger charge is -2.46. The average molecular weight is 369 g/mol. The summed E-state index contributed by atoms with van der Waals surface area (Å²) in [7, 11) is 0. The van der Waals surface area contributed by atoms with Gasteiger partial charge in [0.25, 0.3) is 0 Å². The van der Waals surface area contributed by atoms with Crippen molar-refractivity contribution in [3.8, 4) is 0 Å². The lowest BCUT2D eigenvalue weighted by Crippen LogP contribution is -2.51. The van der Waals surface area contributed by atoms with Gasteiger partial charge >= 0.3 is 0 Å². The minimum absolute atomic E-state index is 0.316. The fraction of sp³-hybridized carbons (Fsp3) is 0.292. The van der Waals surface area contributed by atoms with Crippen LogP contribution in [0.3, 0.4) is 0 Å². The van der Waals surface area contributed by atoms with E-state index in [-0.39, 0.29) is 0 Å². The number of pyridine rings is 1. The lowest BCUT2D eigenvalue weighted by atomic mass is 9.95. The number of anilines is 1. The zero-order valence-corrected chi connectivity index (χ0v) is 16.2. The molecule has 3 atom stereocenters. The number of aromatic nitrogens is 1. The third-order valence-electron chi connectivity index (χ3n) is 6.60. The predicted molar refractivity (Wildman–Crippen MR) is 112 cm³/mol. The Morgan fingerprint density at radius 2 is 1.93 bits per heavy atom. The largest absolute Gasteiger partial charge is 0.436 e. The van der Waals surface area contributed by atoms with E-state index in [1.807, 2.05) is 6.07 Å². The second-order valence-electron chi connectivity index (χ2n) is 8.08. The first kappa shape index (κ1) is 16.1. The van der Waals surface area contributed by atoms with Crippen molar-refractivity contribution in [2.45, 2.75) is 39.0 Å². The molecule has 28 heavy (non-hydrogen) atoms. The highest BCUT2D eigenvalue weighted by atomic mass is 16.3. The minimum atomic E-state index is 0.316. The minimum Gasteiger partial charge on any atom is -0.436 e. The van der Waals surface area contributed by atoms with E-state index < -0.39 is 0 Å². The van der Waals surface area contributed by atoms with Crippen LogP contribution in [-0.2, 0) is 6.54 Å². The lowest BCUT2D eigenvalue weighted by molar-refractivity contribution is 0.154. The van der Waals surface area contributed by atoms with Crippen molar-refractivity contribution in [2.24, 2.45) is 0 Å². The Morgan fingerprint density at radius 1 is 1.04 bits per heavy atom. The van der Waals surface area contributed by atoms with Crippen LogP contribution in [0.15, 0.2) is 59.1 Å². The number of fused-ring (bicyclic) bond motifs is 5. The number of benzene rings is 2. The van der Waals surface area contributed by atoms with Gasteiger partial charge in [-0.2, -0.15) is 0 Å². The van der Waals surface area contributed by atoms with Crippen molar-refractivity contribution in [3.63, 3.8) is 0 Å². The van der Waals surface area contributed by atoms with E-state index in [0.29, 0.717) is 12.2 Å². The fourth-order valence-corrected chi connectivity index (χ4v) is 5.21. The second-order valence-corrected chi connectivity index (χ2v) is 8.08. The molecule has 5 heterocycles. The number of hydrogen-bond acceptors (Lipinski definition) is 4. The van der Waals surface area contributed by atoms with Crippen molar-refractivity contribution < 1.29 is 4.42 Å². The molecule has 0 saturated carbocycles. The standard InChI is InChI=1S/C24H23N3O/c1-15-9-10-19-20-8-5-12-25-24(20)28-23(19)22(15)27-16(2)26-13-11-21(27)18-7-4-3-6-17(18)14-26/h3-10,12,16,21H,11,13-14H2,1-2H3. The van der Waals surface area contributed by atoms with Crippen LogP contribution in [0.5, 0.6) is 0 Å². The first-order valence-electron chi connectivity index (χ1n) is 10.1. The Bertz CT molecular complexity index is 1210. The Morgan fingerprint density at radius 3 is 2.86 bits per heavy atom. The molecule has 3 aliphatic heterocycles. The maximum atomic E-state index is 6.33. The summed E-state index contributed by atoms with van der Waals surface area (Å²) in [6.07, 6.45) is 3.25. The van der Waals surface area contributed by atoms with Crippen molar-refractivity contribution in [3.05, 3.63) is 71.4 Å². The highest BCUT2D eigenvalue weighted by Gasteiger charge is 2.40. The summed E-state index contributed by atoms with van der Waals surface area (Å²) >= 11 is 0. The first-order valence-corrected chi connectivity index (χ1v) is 10.1. The third-order valence-corrected chi connectivity index (χ3v) is 6.60. The van der Waals surface area contributed by atoms with E-state index >= 15 is 0 Å². The molecule has 140 valence electrons. The van der Waals surface area contributed by atoms with Crippen molar-refractivity contribution >= 4 is 27.8 Å². The van der Waals surface area contributed by atoms with Crippen LogP contribution in [0, 0.1) is 6.92 Å². The van der Waals surface area contributed by atoms with Gasteiger partial charge in [0.1, 0.15) is 0 Å². The van der Waals surface area contributed by atoms with E-state index in [9.17, 15) is 0 Å². The summed E-state index contributed by atoms with van der Waals surface area (Å²) in [5, 5.41) is 2.24. The predicted octanol–water partition coefficient (Wildman–Crippen LogP) is 5.40. The molecule has 3 unspecified atom stereocenters. The molecule has 2 bridgehead atoms. The van der Waals surface area contributed by atoms with Crippen molar-refractivity contribution in [1.29, 1.82) is 0 Å². The molecule has 0 amide bonds. The fourth-order valence-electron chi connectivity index (χ4n) is 5.21. The van der Waals surface area contributed by atoms with Gasteiger partial charge in [-0.15, -0.1) is 0 Å². The smallest absolute Gasteiger partial charge is 0.227 e. The van der Waals surface area contributed by atoms with Gasteiger partial charge in [0, 0.05) is 30.1 Å². The molecule has 2 aromatic carbocycles. The molecule has 3 aliphatic rings. The highest BCUT2D eigenvalue weighted by molar-refractivity contribution is 6.08. The van der Waals surface area contributed by atoms with E-state index in [4.69, 9.17) is 4.42 Å². The first-order chi connectivity index (χ1) is 13.7. The summed E-state index contributed by atoms with van der Waals surface area (Å²) in [5.41, 5.74) is 7.07. The quantitative estimate of drug-likeness (QED) is 0.449. The van der Waals surface area contributed by atoms with Crippen LogP contribution >= 0.6 is 0 Å². The number of furan rings is 1. The van der Waals surface area contributed by atoms with E-state index in [1.165, 1.54) is 22.4 Å². The molecule has 4 heteroatoms. The number of nitrogens with zero attached hydrogens (tertiary/aromatic N) is 3. The molecule has 4 nitrogen and oxygen atoms in total. The van der Waals surface area contributed by atoms with E-state index in [1.54, 1.807) is 6.20 Å². The van der Waals surface area contributed by atoms with Gasteiger partial charge < -0.3 is 9.32 Å². The molecule has 0 radical (unpaired) electrons. The monoisotopic (exact) mass is 369 g/mol. The zero-order chi connectivity index (χ0) is 18.8.